The smallest absolute Gasteiger partial charge is 0.180 e. The lowest BCUT2D eigenvalue weighted by Crippen LogP contribution is -2.29. The highest BCUT2D eigenvalue weighted by Gasteiger charge is 2.22. The summed E-state index contributed by atoms with van der Waals surface area (Å²) in [4.78, 5) is 18.7. The molecular formula is C26H23F2N7. The van der Waals surface area contributed by atoms with Crippen LogP contribution in [0.4, 0.5) is 8.78 Å². The van der Waals surface area contributed by atoms with Gasteiger partial charge in [0, 0.05) is 36.3 Å². The second-order valence-corrected chi connectivity index (χ2v) is 8.80. The van der Waals surface area contributed by atoms with Gasteiger partial charge in [0.05, 0.1) is 5.52 Å². The number of halogens is 2. The maximum atomic E-state index is 15.5. The summed E-state index contributed by atoms with van der Waals surface area (Å²) in [5, 5.41) is 7.00. The van der Waals surface area contributed by atoms with Gasteiger partial charge in [-0.1, -0.05) is 18.6 Å². The molecule has 35 heavy (non-hydrogen) atoms. The van der Waals surface area contributed by atoms with Crippen LogP contribution in [-0.2, 0) is 6.54 Å². The number of hydrogen-bond acceptors (Lipinski definition) is 5. The molecule has 1 saturated heterocycles. The largest absolute Gasteiger partial charge is 0.336 e. The minimum Gasteiger partial charge on any atom is -0.336 e. The van der Waals surface area contributed by atoms with Crippen LogP contribution in [0, 0.1) is 11.6 Å². The Hall–Kier alpha value is -3.98. The third kappa shape index (κ3) is 4.08. The van der Waals surface area contributed by atoms with Gasteiger partial charge >= 0.3 is 0 Å². The average molecular weight is 472 g/mol. The second-order valence-electron chi connectivity index (χ2n) is 8.80. The molecule has 0 aliphatic carbocycles. The fraction of sp³-hybridized carbons (Fsp3) is 0.231. The molecule has 5 heterocycles. The van der Waals surface area contributed by atoms with E-state index in [4.69, 9.17) is 0 Å². The number of aromatic amines is 2. The van der Waals surface area contributed by atoms with E-state index in [1.807, 2.05) is 12.3 Å². The van der Waals surface area contributed by atoms with E-state index in [-0.39, 0.29) is 17.2 Å². The number of imidazole rings is 1. The van der Waals surface area contributed by atoms with Gasteiger partial charge in [-0.25, -0.2) is 13.8 Å². The molecule has 1 aliphatic rings. The van der Waals surface area contributed by atoms with Gasteiger partial charge in [0.1, 0.15) is 22.7 Å². The Morgan fingerprint density at radius 3 is 2.69 bits per heavy atom. The van der Waals surface area contributed by atoms with Crippen LogP contribution in [0.5, 0.6) is 0 Å². The summed E-state index contributed by atoms with van der Waals surface area (Å²) in [7, 11) is 0. The van der Waals surface area contributed by atoms with Crippen molar-refractivity contribution in [1.29, 1.82) is 0 Å². The lowest BCUT2D eigenvalue weighted by molar-refractivity contribution is 0.220. The normalized spacial score (nSPS) is 14.6. The second kappa shape index (κ2) is 8.99. The highest BCUT2D eigenvalue weighted by atomic mass is 19.1. The topological polar surface area (TPSA) is 86.4 Å². The van der Waals surface area contributed by atoms with E-state index in [1.54, 1.807) is 36.7 Å². The van der Waals surface area contributed by atoms with Crippen LogP contribution in [0.25, 0.3) is 45.1 Å². The van der Waals surface area contributed by atoms with Gasteiger partial charge < -0.3 is 4.98 Å². The molecule has 176 valence electrons. The Morgan fingerprint density at radius 2 is 1.83 bits per heavy atom. The monoisotopic (exact) mass is 471 g/mol. The molecule has 6 rings (SSSR count). The van der Waals surface area contributed by atoms with Gasteiger partial charge in [-0.05, 0) is 55.8 Å². The van der Waals surface area contributed by atoms with Gasteiger partial charge in [0.2, 0.25) is 0 Å². The number of nitrogens with one attached hydrogen (secondary N) is 2. The Bertz CT molecular complexity index is 1500. The fourth-order valence-corrected chi connectivity index (χ4v) is 4.66. The first-order valence-electron chi connectivity index (χ1n) is 11.7. The van der Waals surface area contributed by atoms with E-state index in [9.17, 15) is 4.39 Å². The number of likely N-dealkylation sites (tertiary alicyclic amines) is 1. The summed E-state index contributed by atoms with van der Waals surface area (Å²) in [6.45, 7) is 2.93. The van der Waals surface area contributed by atoms with Crippen LogP contribution in [-0.4, -0.2) is 48.1 Å². The molecule has 0 amide bonds. The highest BCUT2D eigenvalue weighted by Crippen LogP contribution is 2.32. The Labute approximate surface area is 200 Å². The van der Waals surface area contributed by atoms with Gasteiger partial charge in [-0.15, -0.1) is 0 Å². The average Bonchev–Trinajstić information content (AvgIpc) is 3.48. The number of rotatable bonds is 5. The maximum Gasteiger partial charge on any atom is 0.180 e. The zero-order chi connectivity index (χ0) is 23.8. The van der Waals surface area contributed by atoms with Crippen molar-refractivity contribution in [3.05, 3.63) is 72.2 Å². The number of fused-ring (bicyclic) bond motifs is 1. The predicted octanol–water partition coefficient (Wildman–Crippen LogP) is 5.34. The molecular weight excluding hydrogens is 448 g/mol. The molecule has 9 heteroatoms. The van der Waals surface area contributed by atoms with Crippen molar-refractivity contribution in [1.82, 2.24) is 35.0 Å². The van der Waals surface area contributed by atoms with E-state index >= 15 is 4.39 Å². The SMILES string of the molecule is Fc1ccccc1-c1nccc2[nH]c(-c3n[nH]c(-c4cncc(CN5CCCCC5)c4)c3F)nc12. The molecule has 2 N–H and O–H groups in total. The number of nitrogens with zero attached hydrogens (tertiary/aromatic N) is 5. The number of hydrogen-bond donors (Lipinski definition) is 2. The van der Waals surface area contributed by atoms with Crippen LogP contribution in [0.15, 0.2) is 55.0 Å². The van der Waals surface area contributed by atoms with Crippen molar-refractivity contribution in [2.75, 3.05) is 13.1 Å². The van der Waals surface area contributed by atoms with Gasteiger partial charge in [0.15, 0.2) is 17.3 Å². The summed E-state index contributed by atoms with van der Waals surface area (Å²) in [5.74, 6) is -0.688. The first-order valence-corrected chi connectivity index (χ1v) is 11.7. The van der Waals surface area contributed by atoms with Gasteiger partial charge in [-0.2, -0.15) is 5.10 Å². The Morgan fingerprint density at radius 1 is 0.971 bits per heavy atom. The molecule has 0 saturated carbocycles. The van der Waals surface area contributed by atoms with Crippen molar-refractivity contribution < 1.29 is 8.78 Å². The molecule has 4 aromatic heterocycles. The summed E-state index contributed by atoms with van der Waals surface area (Å²) in [6, 6.07) is 10.0. The quantitative estimate of drug-likeness (QED) is 0.361. The van der Waals surface area contributed by atoms with Crippen molar-refractivity contribution >= 4 is 11.0 Å². The number of aromatic nitrogens is 6. The molecule has 1 aliphatic heterocycles. The molecule has 5 aromatic rings. The molecule has 1 aromatic carbocycles. The first-order chi connectivity index (χ1) is 17.2. The first kappa shape index (κ1) is 21.5. The van der Waals surface area contributed by atoms with Gasteiger partial charge in [-0.3, -0.25) is 20.0 Å². The van der Waals surface area contributed by atoms with Crippen molar-refractivity contribution in [2.45, 2.75) is 25.8 Å². The summed E-state index contributed by atoms with van der Waals surface area (Å²) >= 11 is 0. The molecule has 0 bridgehead atoms. The molecule has 0 spiro atoms. The third-order valence-corrected chi connectivity index (χ3v) is 6.40. The van der Waals surface area contributed by atoms with Gasteiger partial charge in [0.25, 0.3) is 0 Å². The highest BCUT2D eigenvalue weighted by molar-refractivity contribution is 5.91. The summed E-state index contributed by atoms with van der Waals surface area (Å²) < 4.78 is 29.9. The van der Waals surface area contributed by atoms with E-state index in [0.29, 0.717) is 27.9 Å². The fourth-order valence-electron chi connectivity index (χ4n) is 4.66. The standard InChI is InChI=1S/C26H23F2N7/c27-19-7-3-2-6-18(19)23-24-20(8-9-30-23)31-26(32-24)25-21(28)22(33-34-25)17-12-16(13-29-14-17)15-35-10-4-1-5-11-35/h2-3,6-9,12-14H,1,4-5,10-11,15H2,(H,31,32)(H,33,34). The number of benzene rings is 1. The van der Waals surface area contributed by atoms with Crippen LogP contribution >= 0.6 is 0 Å². The van der Waals surface area contributed by atoms with Crippen LogP contribution in [0.1, 0.15) is 24.8 Å². The molecule has 0 radical (unpaired) electrons. The minimum atomic E-state index is -0.527. The van der Waals surface area contributed by atoms with Crippen molar-refractivity contribution in [3.63, 3.8) is 0 Å². The van der Waals surface area contributed by atoms with E-state index in [2.05, 4.69) is 35.0 Å². The molecule has 0 unspecified atom stereocenters. The van der Waals surface area contributed by atoms with E-state index in [1.165, 1.54) is 25.3 Å². The number of H-pyrrole nitrogens is 2. The van der Waals surface area contributed by atoms with Crippen molar-refractivity contribution in [3.8, 4) is 34.0 Å². The molecule has 1 fully saturated rings. The number of piperidine rings is 1. The van der Waals surface area contributed by atoms with Crippen molar-refractivity contribution in [2.24, 2.45) is 0 Å². The third-order valence-electron chi connectivity index (χ3n) is 6.40. The predicted molar refractivity (Wildman–Crippen MR) is 129 cm³/mol. The molecule has 7 nitrogen and oxygen atoms in total. The molecule has 0 atom stereocenters. The number of pyridine rings is 2. The van der Waals surface area contributed by atoms with Crippen LogP contribution < -0.4 is 0 Å². The van der Waals surface area contributed by atoms with E-state index in [0.717, 1.165) is 25.2 Å². The summed E-state index contributed by atoms with van der Waals surface area (Å²) in [5.41, 5.74) is 3.73. The summed E-state index contributed by atoms with van der Waals surface area (Å²) in [6.07, 6.45) is 8.70. The lowest BCUT2D eigenvalue weighted by atomic mass is 10.1. The lowest BCUT2D eigenvalue weighted by Gasteiger charge is -2.26. The van der Waals surface area contributed by atoms with E-state index < -0.39 is 11.6 Å². The Balaban J connectivity index is 1.34. The zero-order valence-corrected chi connectivity index (χ0v) is 18.9. The minimum absolute atomic E-state index is 0.0529. The van der Waals surface area contributed by atoms with Crippen LogP contribution in [0.3, 0.4) is 0 Å². The maximum absolute atomic E-state index is 15.5. The Kier molecular flexibility index (Phi) is 5.54. The zero-order valence-electron chi connectivity index (χ0n) is 18.9. The van der Waals surface area contributed by atoms with Crippen LogP contribution in [0.2, 0.25) is 0 Å².